The minimum Gasteiger partial charge on any atom is -0.366 e. The van der Waals surface area contributed by atoms with Crippen LogP contribution < -0.4 is 4.90 Å². The maximum atomic E-state index is 6.16. The van der Waals surface area contributed by atoms with Crippen molar-refractivity contribution in [3.63, 3.8) is 0 Å². The summed E-state index contributed by atoms with van der Waals surface area (Å²) < 4.78 is 6.13. The standard InChI is InChI=1S/C15H21BrClNO/c1-14(2)9-18(10-15(3,4)19-14)13-7-12(17)6-5-11(13)8-16/h5-7H,8-10H2,1-4H3. The molecule has 2 nitrogen and oxygen atoms in total. The Morgan fingerprint density at radius 2 is 1.79 bits per heavy atom. The van der Waals surface area contributed by atoms with Gasteiger partial charge in [0.05, 0.1) is 11.2 Å². The van der Waals surface area contributed by atoms with Gasteiger partial charge in [0, 0.05) is 29.1 Å². The molecule has 19 heavy (non-hydrogen) atoms. The smallest absolute Gasteiger partial charge is 0.0808 e. The van der Waals surface area contributed by atoms with Gasteiger partial charge in [0.25, 0.3) is 0 Å². The van der Waals surface area contributed by atoms with Crippen LogP contribution in [0.1, 0.15) is 33.3 Å². The summed E-state index contributed by atoms with van der Waals surface area (Å²) in [5.74, 6) is 0. The van der Waals surface area contributed by atoms with Crippen LogP contribution >= 0.6 is 27.5 Å². The van der Waals surface area contributed by atoms with Crippen LogP contribution in [-0.2, 0) is 10.1 Å². The number of alkyl halides is 1. The van der Waals surface area contributed by atoms with Crippen molar-refractivity contribution in [2.45, 2.75) is 44.2 Å². The van der Waals surface area contributed by atoms with Crippen molar-refractivity contribution < 1.29 is 4.74 Å². The van der Waals surface area contributed by atoms with E-state index in [1.165, 1.54) is 11.3 Å². The second-order valence-corrected chi connectivity index (χ2v) is 7.38. The molecule has 4 heteroatoms. The molecule has 0 atom stereocenters. The quantitative estimate of drug-likeness (QED) is 0.724. The SMILES string of the molecule is CC1(C)CN(c2cc(Cl)ccc2CBr)CC(C)(C)O1. The third-order valence-corrected chi connectivity index (χ3v) is 4.07. The van der Waals surface area contributed by atoms with E-state index in [0.29, 0.717) is 0 Å². The predicted molar refractivity (Wildman–Crippen MR) is 85.5 cm³/mol. The third-order valence-electron chi connectivity index (χ3n) is 3.23. The largest absolute Gasteiger partial charge is 0.366 e. The topological polar surface area (TPSA) is 12.5 Å². The molecule has 0 aromatic heterocycles. The molecule has 1 fully saturated rings. The summed E-state index contributed by atoms with van der Waals surface area (Å²) in [6.45, 7) is 10.3. The molecular formula is C15H21BrClNO. The number of ether oxygens (including phenoxy) is 1. The molecule has 0 bridgehead atoms. The van der Waals surface area contributed by atoms with Crippen molar-refractivity contribution in [3.8, 4) is 0 Å². The second kappa shape index (κ2) is 5.27. The highest BCUT2D eigenvalue weighted by atomic mass is 79.9. The van der Waals surface area contributed by atoms with E-state index >= 15 is 0 Å². The molecule has 1 aromatic rings. The van der Waals surface area contributed by atoms with Gasteiger partial charge in [0.15, 0.2) is 0 Å². The Bertz CT molecular complexity index is 457. The monoisotopic (exact) mass is 345 g/mol. The van der Waals surface area contributed by atoms with E-state index in [9.17, 15) is 0 Å². The minimum atomic E-state index is -0.159. The van der Waals surface area contributed by atoms with Crippen molar-refractivity contribution >= 4 is 33.2 Å². The Hall–Kier alpha value is -0.250. The first kappa shape index (κ1) is 15.1. The molecule has 0 spiro atoms. The molecule has 1 aliphatic rings. The lowest BCUT2D eigenvalue weighted by molar-refractivity contribution is -0.133. The molecule has 1 saturated heterocycles. The van der Waals surface area contributed by atoms with Gasteiger partial charge in [0.1, 0.15) is 0 Å². The van der Waals surface area contributed by atoms with Crippen molar-refractivity contribution in [2.75, 3.05) is 18.0 Å². The van der Waals surface area contributed by atoms with Crippen LogP contribution in [0.25, 0.3) is 0 Å². The minimum absolute atomic E-state index is 0.159. The highest BCUT2D eigenvalue weighted by Gasteiger charge is 2.38. The summed E-state index contributed by atoms with van der Waals surface area (Å²) in [5.41, 5.74) is 2.15. The van der Waals surface area contributed by atoms with Crippen LogP contribution in [0.2, 0.25) is 5.02 Å². The number of benzene rings is 1. The van der Waals surface area contributed by atoms with E-state index < -0.39 is 0 Å². The summed E-state index contributed by atoms with van der Waals surface area (Å²) in [7, 11) is 0. The average molecular weight is 347 g/mol. The van der Waals surface area contributed by atoms with Crippen molar-refractivity contribution in [3.05, 3.63) is 28.8 Å². The van der Waals surface area contributed by atoms with Gasteiger partial charge in [0.2, 0.25) is 0 Å². The zero-order valence-corrected chi connectivity index (χ0v) is 14.3. The fourth-order valence-electron chi connectivity index (χ4n) is 2.90. The number of rotatable bonds is 2. The summed E-state index contributed by atoms with van der Waals surface area (Å²) in [4.78, 5) is 2.38. The molecule has 1 heterocycles. The summed E-state index contributed by atoms with van der Waals surface area (Å²) >= 11 is 9.72. The summed E-state index contributed by atoms with van der Waals surface area (Å²) in [6, 6.07) is 6.08. The van der Waals surface area contributed by atoms with Crippen LogP contribution in [0, 0.1) is 0 Å². The molecule has 2 rings (SSSR count). The van der Waals surface area contributed by atoms with Gasteiger partial charge in [-0.2, -0.15) is 0 Å². The molecule has 0 unspecified atom stereocenters. The highest BCUT2D eigenvalue weighted by molar-refractivity contribution is 9.08. The van der Waals surface area contributed by atoms with E-state index in [0.717, 1.165) is 23.4 Å². The first-order valence-electron chi connectivity index (χ1n) is 6.52. The second-order valence-electron chi connectivity index (χ2n) is 6.38. The molecule has 106 valence electrons. The van der Waals surface area contributed by atoms with Crippen LogP contribution in [-0.4, -0.2) is 24.3 Å². The Kier molecular flexibility index (Phi) is 4.20. The third kappa shape index (κ3) is 3.65. The lowest BCUT2D eigenvalue weighted by Gasteiger charge is -2.48. The van der Waals surface area contributed by atoms with Crippen LogP contribution in [0.3, 0.4) is 0 Å². The first-order chi connectivity index (χ1) is 8.72. The molecule has 0 N–H and O–H groups in total. The van der Waals surface area contributed by atoms with Crippen LogP contribution in [0.4, 0.5) is 5.69 Å². The van der Waals surface area contributed by atoms with E-state index in [-0.39, 0.29) is 11.2 Å². The molecule has 1 aromatic carbocycles. The Morgan fingerprint density at radius 1 is 1.21 bits per heavy atom. The fourth-order valence-corrected chi connectivity index (χ4v) is 3.54. The summed E-state index contributed by atoms with van der Waals surface area (Å²) in [5, 5.41) is 1.61. The number of morpholine rings is 1. The number of halogens is 2. The fraction of sp³-hybridized carbons (Fsp3) is 0.600. The molecule has 1 aliphatic heterocycles. The van der Waals surface area contributed by atoms with Gasteiger partial charge >= 0.3 is 0 Å². The highest BCUT2D eigenvalue weighted by Crippen LogP contribution is 2.34. The molecule has 0 amide bonds. The lowest BCUT2D eigenvalue weighted by atomic mass is 9.97. The van der Waals surface area contributed by atoms with Crippen LogP contribution in [0.5, 0.6) is 0 Å². The van der Waals surface area contributed by atoms with Crippen molar-refractivity contribution in [1.29, 1.82) is 0 Å². The average Bonchev–Trinajstić information content (AvgIpc) is 2.24. The van der Waals surface area contributed by atoms with Gasteiger partial charge < -0.3 is 9.64 Å². The normalized spacial score (nSPS) is 21.5. The van der Waals surface area contributed by atoms with Crippen molar-refractivity contribution in [1.82, 2.24) is 0 Å². The van der Waals surface area contributed by atoms with Gasteiger partial charge in [-0.3, -0.25) is 0 Å². The molecular weight excluding hydrogens is 326 g/mol. The number of anilines is 1. The number of hydrogen-bond donors (Lipinski definition) is 0. The van der Waals surface area contributed by atoms with Gasteiger partial charge in [-0.15, -0.1) is 0 Å². The molecule has 0 aliphatic carbocycles. The van der Waals surface area contributed by atoms with Gasteiger partial charge in [-0.25, -0.2) is 0 Å². The van der Waals surface area contributed by atoms with Crippen molar-refractivity contribution in [2.24, 2.45) is 0 Å². The molecule has 0 radical (unpaired) electrons. The zero-order chi connectivity index (χ0) is 14.3. The number of nitrogens with zero attached hydrogens (tertiary/aromatic N) is 1. The zero-order valence-electron chi connectivity index (χ0n) is 12.0. The van der Waals surface area contributed by atoms with E-state index in [2.05, 4.69) is 60.7 Å². The summed E-state index contributed by atoms with van der Waals surface area (Å²) in [6.07, 6.45) is 0. The number of hydrogen-bond acceptors (Lipinski definition) is 2. The van der Waals surface area contributed by atoms with E-state index in [1.54, 1.807) is 0 Å². The Balaban J connectivity index is 2.38. The first-order valence-corrected chi connectivity index (χ1v) is 8.02. The molecule has 0 saturated carbocycles. The van der Waals surface area contributed by atoms with E-state index in [1.807, 2.05) is 6.07 Å². The maximum absolute atomic E-state index is 6.16. The lowest BCUT2D eigenvalue weighted by Crippen LogP contribution is -2.57. The maximum Gasteiger partial charge on any atom is 0.0808 e. The van der Waals surface area contributed by atoms with Gasteiger partial charge in [-0.05, 0) is 45.4 Å². The van der Waals surface area contributed by atoms with E-state index in [4.69, 9.17) is 16.3 Å². The predicted octanol–water partition coefficient (Wildman–Crippen LogP) is 4.63. The Labute approximate surface area is 129 Å². The van der Waals surface area contributed by atoms with Gasteiger partial charge in [-0.1, -0.05) is 33.6 Å². The Morgan fingerprint density at radius 3 is 2.32 bits per heavy atom. The van der Waals surface area contributed by atoms with Crippen LogP contribution in [0.15, 0.2) is 18.2 Å².